The molecule has 0 aliphatic carbocycles. The molecule has 0 atom stereocenters. The van der Waals surface area contributed by atoms with Crippen LogP contribution in [-0.2, 0) is 18.3 Å². The van der Waals surface area contributed by atoms with Gasteiger partial charge >= 0.3 is 31.7 Å². The monoisotopic (exact) mass is 399 g/mol. The van der Waals surface area contributed by atoms with Crippen molar-refractivity contribution in [2.75, 3.05) is 6.54 Å². The molecule has 132 valence electrons. The summed E-state index contributed by atoms with van der Waals surface area (Å²) in [6.07, 6.45) is -0.873. The Hall–Kier alpha value is 0.520. The van der Waals surface area contributed by atoms with Crippen molar-refractivity contribution < 1.29 is 62.5 Å². The number of hydrogen-bond donors (Lipinski definition) is 10. The molecule has 14 nitrogen and oxygen atoms in total. The third-order valence-corrected chi connectivity index (χ3v) is 5.29. The van der Waals surface area contributed by atoms with E-state index in [1.807, 2.05) is 0 Å². The van der Waals surface area contributed by atoms with E-state index in [1.54, 1.807) is 0 Å². The lowest BCUT2D eigenvalue weighted by atomic mass is 10.5. The molecular formula is C3H17NO13P4. The van der Waals surface area contributed by atoms with E-state index < -0.39 is 49.8 Å². The smallest absolute Gasteiger partial charge is 0.367 e. The van der Waals surface area contributed by atoms with E-state index in [1.165, 1.54) is 0 Å². The highest BCUT2D eigenvalue weighted by Crippen LogP contribution is 2.68. The van der Waals surface area contributed by atoms with Gasteiger partial charge in [0.2, 0.25) is 0 Å². The van der Waals surface area contributed by atoms with Gasteiger partial charge < -0.3 is 50.0 Å². The van der Waals surface area contributed by atoms with Crippen molar-refractivity contribution >= 4 is 31.7 Å². The first-order valence-electron chi connectivity index (χ1n) is 4.40. The SMILES string of the molecule is NCCC(O)(P(=O)(O)O)P(=O)(O)O.O=[PH](O)O.O=[PH](O)O. The van der Waals surface area contributed by atoms with Crippen LogP contribution in [0.1, 0.15) is 6.42 Å². The Morgan fingerprint density at radius 2 is 1.05 bits per heavy atom. The topological polar surface area (TPSA) is 276 Å². The summed E-state index contributed by atoms with van der Waals surface area (Å²) in [6, 6.07) is 0. The second-order valence-electron chi connectivity index (χ2n) is 2.97. The van der Waals surface area contributed by atoms with Crippen molar-refractivity contribution in [2.45, 2.75) is 11.5 Å². The minimum Gasteiger partial charge on any atom is -0.367 e. The van der Waals surface area contributed by atoms with Crippen molar-refractivity contribution in [1.82, 2.24) is 0 Å². The van der Waals surface area contributed by atoms with Gasteiger partial charge in [0.15, 0.2) is 0 Å². The highest BCUT2D eigenvalue weighted by atomic mass is 31.2. The van der Waals surface area contributed by atoms with Crippen molar-refractivity contribution in [1.29, 1.82) is 0 Å². The normalized spacial score (nSPS) is 12.4. The van der Waals surface area contributed by atoms with Crippen LogP contribution in [-0.4, -0.2) is 55.9 Å². The average Bonchev–Trinajstić information content (AvgIpc) is 2.12. The first-order chi connectivity index (χ1) is 9.02. The zero-order valence-electron chi connectivity index (χ0n) is 10.0. The van der Waals surface area contributed by atoms with Gasteiger partial charge in [-0.25, -0.2) is 0 Å². The maximum absolute atomic E-state index is 10.6. The van der Waals surface area contributed by atoms with Crippen LogP contribution in [0, 0.1) is 0 Å². The molecule has 0 bridgehead atoms. The van der Waals surface area contributed by atoms with Gasteiger partial charge in [0.05, 0.1) is 0 Å². The van der Waals surface area contributed by atoms with Crippen LogP contribution in [0.2, 0.25) is 0 Å². The summed E-state index contributed by atoms with van der Waals surface area (Å²) in [5.74, 6) is 0. The zero-order valence-corrected chi connectivity index (χ0v) is 13.8. The minimum absolute atomic E-state index is 0.452. The number of rotatable bonds is 4. The van der Waals surface area contributed by atoms with Gasteiger partial charge in [0, 0.05) is 6.42 Å². The van der Waals surface area contributed by atoms with E-state index in [9.17, 15) is 9.13 Å². The largest absolute Gasteiger partial charge is 0.369 e. The van der Waals surface area contributed by atoms with Crippen LogP contribution >= 0.6 is 31.7 Å². The predicted molar refractivity (Wildman–Crippen MR) is 69.6 cm³/mol. The molecule has 0 aromatic carbocycles. The summed E-state index contributed by atoms with van der Waals surface area (Å²) in [5.41, 5.74) is 4.86. The summed E-state index contributed by atoms with van der Waals surface area (Å²) < 4.78 is 38.7. The van der Waals surface area contributed by atoms with Crippen molar-refractivity contribution in [3.05, 3.63) is 0 Å². The highest BCUT2D eigenvalue weighted by Gasteiger charge is 2.58. The molecule has 0 radical (unpaired) electrons. The Balaban J connectivity index is -0.000000334. The second-order valence-corrected chi connectivity index (χ2v) is 8.11. The maximum atomic E-state index is 10.6. The van der Waals surface area contributed by atoms with Crippen molar-refractivity contribution in [3.63, 3.8) is 0 Å². The van der Waals surface area contributed by atoms with Gasteiger partial charge in [-0.05, 0) is 6.54 Å². The van der Waals surface area contributed by atoms with Crippen molar-refractivity contribution in [3.8, 4) is 0 Å². The molecule has 0 saturated carbocycles. The molecule has 0 amide bonds. The molecule has 0 aliphatic rings. The number of hydrogen-bond acceptors (Lipinski definition) is 6. The molecule has 0 heterocycles. The summed E-state index contributed by atoms with van der Waals surface area (Å²) in [7, 11) is -16.9. The van der Waals surface area contributed by atoms with Gasteiger partial charge in [0.1, 0.15) is 0 Å². The molecule has 0 fully saturated rings. The fourth-order valence-corrected chi connectivity index (χ4v) is 2.85. The Morgan fingerprint density at radius 1 is 0.857 bits per heavy atom. The average molecular weight is 399 g/mol. The maximum Gasteiger partial charge on any atom is 0.369 e. The highest BCUT2D eigenvalue weighted by molar-refractivity contribution is 7.72. The Bertz CT molecular complexity index is 381. The van der Waals surface area contributed by atoms with E-state index in [2.05, 4.69) is 0 Å². The van der Waals surface area contributed by atoms with E-state index in [4.69, 9.17) is 59.1 Å². The molecule has 0 unspecified atom stereocenters. The van der Waals surface area contributed by atoms with Gasteiger partial charge in [-0.2, -0.15) is 0 Å². The standard InChI is InChI=1S/C3H11NO7P2.2H3O3P/c4-2-1-3(5,12(6,7)8)13(9,10)11;2*1-4(2)3/h5H,1-2,4H2,(H2,6,7,8)(H2,9,10,11);2*4H,(H2,1,2,3). The molecular weight excluding hydrogens is 382 g/mol. The lowest BCUT2D eigenvalue weighted by molar-refractivity contribution is 0.125. The Kier molecular flexibility index (Phi) is 14.0. The Morgan fingerprint density at radius 3 is 1.10 bits per heavy atom. The molecule has 0 spiro atoms. The third kappa shape index (κ3) is 13.9. The van der Waals surface area contributed by atoms with Crippen LogP contribution in [0.5, 0.6) is 0 Å². The van der Waals surface area contributed by atoms with Crippen LogP contribution in [0.15, 0.2) is 0 Å². The van der Waals surface area contributed by atoms with Gasteiger partial charge in [-0.3, -0.25) is 18.3 Å². The fraction of sp³-hybridized carbons (Fsp3) is 1.00. The summed E-state index contributed by atoms with van der Waals surface area (Å²) >= 11 is 0. The van der Waals surface area contributed by atoms with Crippen LogP contribution in [0.25, 0.3) is 0 Å². The van der Waals surface area contributed by atoms with Crippen molar-refractivity contribution in [2.24, 2.45) is 5.73 Å². The minimum atomic E-state index is -5.31. The van der Waals surface area contributed by atoms with Gasteiger partial charge in [0.25, 0.3) is 5.08 Å². The molecule has 11 N–H and O–H groups in total. The molecule has 18 heteroatoms. The molecule has 21 heavy (non-hydrogen) atoms. The van der Waals surface area contributed by atoms with Gasteiger partial charge in [-0.15, -0.1) is 0 Å². The van der Waals surface area contributed by atoms with Crippen LogP contribution in [0.4, 0.5) is 0 Å². The predicted octanol–water partition coefficient (Wildman–Crippen LogP) is -2.94. The molecule has 0 aromatic heterocycles. The first kappa shape index (κ1) is 26.4. The number of aliphatic hydroxyl groups is 1. The third-order valence-electron chi connectivity index (χ3n) is 1.41. The summed E-state index contributed by atoms with van der Waals surface area (Å²) in [5, 5.41) is 5.71. The fourth-order valence-electron chi connectivity index (χ4n) is 0.655. The quantitative estimate of drug-likeness (QED) is 0.212. The molecule has 0 aliphatic heterocycles. The van der Waals surface area contributed by atoms with E-state index >= 15 is 0 Å². The first-order valence-corrected chi connectivity index (χ1v) is 10.2. The number of nitrogens with two attached hydrogens (primary N) is 1. The molecule has 0 rings (SSSR count). The lowest BCUT2D eigenvalue weighted by Crippen LogP contribution is -2.31. The van der Waals surface area contributed by atoms with Gasteiger partial charge in [-0.1, -0.05) is 0 Å². The summed E-state index contributed by atoms with van der Waals surface area (Å²) in [6.45, 7) is -0.452. The van der Waals surface area contributed by atoms with Crippen LogP contribution in [0.3, 0.4) is 0 Å². The Labute approximate surface area is 119 Å². The lowest BCUT2D eigenvalue weighted by Gasteiger charge is -2.28. The molecule has 0 saturated heterocycles. The van der Waals surface area contributed by atoms with E-state index in [0.717, 1.165) is 0 Å². The second kappa shape index (κ2) is 11.1. The zero-order chi connectivity index (χ0) is 18.1. The summed E-state index contributed by atoms with van der Waals surface area (Å²) in [4.78, 5) is 62.7. The van der Waals surface area contributed by atoms with E-state index in [0.29, 0.717) is 0 Å². The van der Waals surface area contributed by atoms with E-state index in [-0.39, 0.29) is 0 Å². The van der Waals surface area contributed by atoms with Crippen LogP contribution < -0.4 is 5.73 Å². The molecule has 0 aromatic rings.